The lowest BCUT2D eigenvalue weighted by molar-refractivity contribution is 0.485. The highest BCUT2D eigenvalue weighted by Crippen LogP contribution is 2.35. The second kappa shape index (κ2) is 5.92. The molecule has 0 atom stereocenters. The molecular weight excluding hydrogens is 322 g/mol. The molecule has 0 saturated carbocycles. The molecule has 0 fully saturated rings. The number of alkyl halides is 1. The molecule has 20 heavy (non-hydrogen) atoms. The van der Waals surface area contributed by atoms with Crippen LogP contribution in [0.15, 0.2) is 17.0 Å². The normalized spacial score (nSPS) is 10.6. The van der Waals surface area contributed by atoms with Crippen molar-refractivity contribution in [1.82, 2.24) is 9.78 Å². The number of hydrogen-bond acceptors (Lipinski definition) is 4. The van der Waals surface area contributed by atoms with Gasteiger partial charge in [-0.1, -0.05) is 23.2 Å². The van der Waals surface area contributed by atoms with Crippen LogP contribution < -0.4 is 5.73 Å². The van der Waals surface area contributed by atoms with Gasteiger partial charge in [0, 0.05) is 0 Å². The monoisotopic (exact) mass is 330 g/mol. The summed E-state index contributed by atoms with van der Waals surface area (Å²) in [4.78, 5) is 0.550. The Morgan fingerprint density at radius 2 is 2.05 bits per heavy atom. The number of aromatic nitrogens is 2. The van der Waals surface area contributed by atoms with Crippen molar-refractivity contribution in [1.29, 1.82) is 5.26 Å². The average molecular weight is 331 g/mol. The molecule has 1 aromatic heterocycles. The molecule has 4 nitrogen and oxygen atoms in total. The quantitative estimate of drug-likeness (QED) is 0.868. The minimum Gasteiger partial charge on any atom is -0.383 e. The van der Waals surface area contributed by atoms with Crippen LogP contribution in [0.3, 0.4) is 0 Å². The first-order valence-electron chi connectivity index (χ1n) is 5.40. The molecule has 0 aliphatic heterocycles. The van der Waals surface area contributed by atoms with Gasteiger partial charge >= 0.3 is 0 Å². The Morgan fingerprint density at radius 1 is 1.45 bits per heavy atom. The van der Waals surface area contributed by atoms with Crippen LogP contribution in [-0.2, 0) is 6.67 Å². The second-order valence-corrected chi connectivity index (χ2v) is 5.46. The summed E-state index contributed by atoms with van der Waals surface area (Å²) in [5.41, 5.74) is 6.85. The fourth-order valence-corrected chi connectivity index (χ4v) is 3.03. The molecule has 8 heteroatoms. The molecule has 2 aromatic rings. The minimum absolute atomic E-state index is 0.191. The van der Waals surface area contributed by atoms with Gasteiger partial charge in [0.15, 0.2) is 5.69 Å². The van der Waals surface area contributed by atoms with Crippen molar-refractivity contribution in [2.75, 3.05) is 12.0 Å². The van der Waals surface area contributed by atoms with Crippen molar-refractivity contribution >= 4 is 40.8 Å². The number of anilines is 1. The third-order valence-electron chi connectivity index (χ3n) is 2.63. The van der Waals surface area contributed by atoms with Crippen LogP contribution in [0.5, 0.6) is 0 Å². The number of nitrogen functional groups attached to an aromatic ring is 1. The second-order valence-electron chi connectivity index (χ2n) is 3.83. The van der Waals surface area contributed by atoms with Crippen LogP contribution in [-0.4, -0.2) is 16.0 Å². The molecule has 0 aliphatic rings. The molecule has 2 rings (SSSR count). The van der Waals surface area contributed by atoms with E-state index in [9.17, 15) is 4.39 Å². The Bertz CT molecular complexity index is 685. The number of nitriles is 1. The molecule has 1 heterocycles. The lowest BCUT2D eigenvalue weighted by Crippen LogP contribution is -2.04. The highest BCUT2D eigenvalue weighted by atomic mass is 35.5. The molecule has 0 unspecified atom stereocenters. The number of halogens is 3. The Labute approximate surface area is 129 Å². The number of nitrogens with two attached hydrogens (primary N) is 1. The van der Waals surface area contributed by atoms with Crippen molar-refractivity contribution in [2.24, 2.45) is 0 Å². The maximum atomic E-state index is 12.7. The van der Waals surface area contributed by atoms with E-state index in [2.05, 4.69) is 5.10 Å². The van der Waals surface area contributed by atoms with Crippen molar-refractivity contribution in [2.45, 2.75) is 11.6 Å². The van der Waals surface area contributed by atoms with E-state index in [0.717, 1.165) is 0 Å². The van der Waals surface area contributed by atoms with Crippen molar-refractivity contribution in [3.8, 4) is 11.8 Å². The van der Waals surface area contributed by atoms with E-state index >= 15 is 0 Å². The number of hydrogen-bond donors (Lipinski definition) is 1. The van der Waals surface area contributed by atoms with Crippen LogP contribution in [0, 0.1) is 11.3 Å². The zero-order valence-corrected chi connectivity index (χ0v) is 12.7. The topological polar surface area (TPSA) is 67.6 Å². The zero-order chi connectivity index (χ0) is 14.9. The van der Waals surface area contributed by atoms with E-state index in [1.54, 1.807) is 6.26 Å². The molecule has 0 amide bonds. The summed E-state index contributed by atoms with van der Waals surface area (Å²) < 4.78 is 14.0. The standard InChI is InChI=1S/C12H9Cl2FN4S/c1-20-11-9(5-16)18-19(12(11)17)10-7(13)2-6(4-15)3-8(10)14/h2-3H,4,17H2,1H3. The SMILES string of the molecule is CSc1c(C#N)nn(-c2c(Cl)cc(CF)cc2Cl)c1N. The molecule has 2 N–H and O–H groups in total. The van der Waals surface area contributed by atoms with E-state index in [1.807, 2.05) is 6.07 Å². The van der Waals surface area contributed by atoms with E-state index in [0.29, 0.717) is 16.1 Å². The third kappa shape index (κ3) is 2.44. The highest BCUT2D eigenvalue weighted by Gasteiger charge is 2.20. The average Bonchev–Trinajstić information content (AvgIpc) is 2.74. The van der Waals surface area contributed by atoms with Gasteiger partial charge in [-0.2, -0.15) is 10.4 Å². The van der Waals surface area contributed by atoms with Crippen molar-refractivity contribution < 1.29 is 4.39 Å². The van der Waals surface area contributed by atoms with E-state index in [-0.39, 0.29) is 21.6 Å². The molecule has 104 valence electrons. The Hall–Kier alpha value is -1.42. The van der Waals surface area contributed by atoms with Gasteiger partial charge in [0.1, 0.15) is 24.2 Å². The summed E-state index contributed by atoms with van der Waals surface area (Å²) >= 11 is 13.5. The minimum atomic E-state index is -0.673. The Morgan fingerprint density at radius 3 is 2.45 bits per heavy atom. The molecule has 1 aromatic carbocycles. The number of benzene rings is 1. The lowest BCUT2D eigenvalue weighted by atomic mass is 10.2. The van der Waals surface area contributed by atoms with Crippen LogP contribution in [0.2, 0.25) is 10.0 Å². The van der Waals surface area contributed by atoms with Crippen LogP contribution in [0.4, 0.5) is 10.2 Å². The largest absolute Gasteiger partial charge is 0.383 e. The van der Waals surface area contributed by atoms with E-state index in [1.165, 1.54) is 28.6 Å². The summed E-state index contributed by atoms with van der Waals surface area (Å²) in [6.07, 6.45) is 1.79. The van der Waals surface area contributed by atoms with Crippen molar-refractivity contribution in [3.63, 3.8) is 0 Å². The molecular formula is C12H9Cl2FN4S. The molecule has 0 aliphatic carbocycles. The summed E-state index contributed by atoms with van der Waals surface area (Å²) in [5, 5.41) is 13.6. The molecule has 0 spiro atoms. The maximum absolute atomic E-state index is 12.7. The Balaban J connectivity index is 2.70. The van der Waals surface area contributed by atoms with E-state index < -0.39 is 6.67 Å². The van der Waals surface area contributed by atoms with Gasteiger partial charge in [-0.25, -0.2) is 9.07 Å². The first kappa shape index (κ1) is 15.0. The van der Waals surface area contributed by atoms with Crippen LogP contribution >= 0.6 is 35.0 Å². The summed E-state index contributed by atoms with van der Waals surface area (Å²) in [7, 11) is 0. The van der Waals surface area contributed by atoms with Gasteiger partial charge in [0.2, 0.25) is 0 Å². The smallest absolute Gasteiger partial charge is 0.178 e. The van der Waals surface area contributed by atoms with Gasteiger partial charge < -0.3 is 5.73 Å². The summed E-state index contributed by atoms with van der Waals surface area (Å²) in [5.74, 6) is 0.269. The maximum Gasteiger partial charge on any atom is 0.178 e. The highest BCUT2D eigenvalue weighted by molar-refractivity contribution is 7.98. The first-order chi connectivity index (χ1) is 9.53. The Kier molecular flexibility index (Phi) is 4.43. The molecule has 0 saturated heterocycles. The lowest BCUT2D eigenvalue weighted by Gasteiger charge is -2.10. The summed E-state index contributed by atoms with van der Waals surface area (Å²) in [6, 6.07) is 4.87. The van der Waals surface area contributed by atoms with Crippen LogP contribution in [0.1, 0.15) is 11.3 Å². The molecule has 0 radical (unpaired) electrons. The van der Waals surface area contributed by atoms with Gasteiger partial charge in [-0.3, -0.25) is 0 Å². The van der Waals surface area contributed by atoms with Gasteiger partial charge in [-0.15, -0.1) is 11.8 Å². The van der Waals surface area contributed by atoms with Gasteiger partial charge in [0.05, 0.1) is 14.9 Å². The predicted molar refractivity (Wildman–Crippen MR) is 79.3 cm³/mol. The zero-order valence-electron chi connectivity index (χ0n) is 10.3. The van der Waals surface area contributed by atoms with Crippen LogP contribution in [0.25, 0.3) is 5.69 Å². The van der Waals surface area contributed by atoms with Crippen molar-refractivity contribution in [3.05, 3.63) is 33.4 Å². The fraction of sp³-hybridized carbons (Fsp3) is 0.167. The number of rotatable bonds is 3. The summed E-state index contributed by atoms with van der Waals surface area (Å²) in [6.45, 7) is -0.673. The van der Waals surface area contributed by atoms with E-state index in [4.69, 9.17) is 34.2 Å². The number of thioether (sulfide) groups is 1. The first-order valence-corrected chi connectivity index (χ1v) is 7.38. The number of nitrogens with zero attached hydrogens (tertiary/aromatic N) is 3. The van der Waals surface area contributed by atoms with Gasteiger partial charge in [-0.05, 0) is 24.0 Å². The fourth-order valence-electron chi connectivity index (χ4n) is 1.76. The van der Waals surface area contributed by atoms with Gasteiger partial charge in [0.25, 0.3) is 0 Å². The molecule has 0 bridgehead atoms. The predicted octanol–water partition coefficient (Wildman–Crippen LogP) is 3.82. The third-order valence-corrected chi connectivity index (χ3v) is 4.02.